The van der Waals surface area contributed by atoms with E-state index in [0.29, 0.717) is 23.9 Å². The molecule has 0 spiro atoms. The fraction of sp³-hybridized carbons (Fsp3) is 0.909. The average molecular weight is 1230 g/mol. The third-order valence-corrected chi connectivity index (χ3v) is 18.9. The zero-order chi connectivity index (χ0) is 62.6. The highest BCUT2D eigenvalue weighted by molar-refractivity contribution is 7.47. The van der Waals surface area contributed by atoms with E-state index in [4.69, 9.17) is 9.05 Å². The number of allylic oxidation sites excluding steroid dienone is 6. The third kappa shape index (κ3) is 70.2. The van der Waals surface area contributed by atoms with E-state index < -0.39 is 20.0 Å². The van der Waals surface area contributed by atoms with Crippen molar-refractivity contribution >= 4 is 13.7 Å². The molecule has 0 aliphatic carbocycles. The van der Waals surface area contributed by atoms with Gasteiger partial charge in [0.05, 0.1) is 39.9 Å². The number of quaternary nitrogens is 1. The summed E-state index contributed by atoms with van der Waals surface area (Å²) in [7, 11) is 1.64. The standard InChI is InChI=1S/C77H151N2O6P/c1-6-8-10-12-14-16-18-20-22-24-26-28-30-32-34-36-37-38-39-40-41-43-45-47-49-51-53-55-57-59-61-63-65-67-69-71-77(81)78-75(74-85-86(82,83)84-73-72-79(3,4)5)76(80)70-68-66-64-62-60-58-56-54-52-50-48-46-44-42-35-33-31-29-27-25-23-21-19-17-15-13-11-9-7-2/h18,20,24,26,30,32,75-76,80H,6-17,19,21-23,25,27-29,31,33-74H2,1-5H3,(H-,78,81,82,83)/p+1/b20-18-,26-24-,32-30-. The van der Waals surface area contributed by atoms with Gasteiger partial charge < -0.3 is 19.8 Å². The van der Waals surface area contributed by atoms with E-state index in [1.54, 1.807) is 0 Å². The Balaban J connectivity index is 3.95. The summed E-state index contributed by atoms with van der Waals surface area (Å²) in [6.45, 7) is 4.94. The molecule has 3 atom stereocenters. The number of aliphatic hydroxyl groups is 1. The number of likely N-dealkylation sites (N-methyl/N-ethyl adjacent to an activating group) is 1. The summed E-state index contributed by atoms with van der Waals surface area (Å²) < 4.78 is 23.9. The molecule has 0 saturated heterocycles. The van der Waals surface area contributed by atoms with E-state index >= 15 is 0 Å². The van der Waals surface area contributed by atoms with Crippen molar-refractivity contribution in [1.29, 1.82) is 0 Å². The highest BCUT2D eigenvalue weighted by Crippen LogP contribution is 2.43. The van der Waals surface area contributed by atoms with Crippen molar-refractivity contribution in [2.45, 2.75) is 411 Å². The van der Waals surface area contributed by atoms with Crippen LogP contribution in [0, 0.1) is 0 Å². The van der Waals surface area contributed by atoms with Crippen molar-refractivity contribution in [2.75, 3.05) is 40.9 Å². The van der Waals surface area contributed by atoms with Crippen molar-refractivity contribution in [2.24, 2.45) is 0 Å². The number of phosphoric ester groups is 1. The number of unbranched alkanes of at least 4 members (excludes halogenated alkanes) is 53. The van der Waals surface area contributed by atoms with Gasteiger partial charge in [0.2, 0.25) is 5.91 Å². The summed E-state index contributed by atoms with van der Waals surface area (Å²) in [6, 6.07) is -0.761. The maximum atomic E-state index is 13.1. The zero-order valence-corrected chi connectivity index (χ0v) is 59.5. The van der Waals surface area contributed by atoms with Gasteiger partial charge in [0.1, 0.15) is 13.2 Å². The molecule has 3 N–H and O–H groups in total. The van der Waals surface area contributed by atoms with Crippen LogP contribution in [0.2, 0.25) is 0 Å². The van der Waals surface area contributed by atoms with Crippen LogP contribution < -0.4 is 5.32 Å². The lowest BCUT2D eigenvalue weighted by Crippen LogP contribution is -2.46. The summed E-state index contributed by atoms with van der Waals surface area (Å²) in [6.07, 6.45) is 91.3. The fourth-order valence-electron chi connectivity index (χ4n) is 11.9. The number of aliphatic hydroxyl groups excluding tert-OH is 1. The molecule has 3 unspecified atom stereocenters. The minimum atomic E-state index is -4.33. The molecule has 0 saturated carbocycles. The molecule has 0 aromatic heterocycles. The molecule has 0 aliphatic heterocycles. The number of nitrogens with zero attached hydrogens (tertiary/aromatic N) is 1. The van der Waals surface area contributed by atoms with Gasteiger partial charge in [0.25, 0.3) is 0 Å². The second-order valence-electron chi connectivity index (χ2n) is 27.7. The molecule has 1 amide bonds. The molecule has 0 aromatic carbocycles. The quantitative estimate of drug-likeness (QED) is 0.0243. The topological polar surface area (TPSA) is 105 Å². The number of nitrogens with one attached hydrogen (secondary N) is 1. The fourth-order valence-corrected chi connectivity index (χ4v) is 12.7. The van der Waals surface area contributed by atoms with E-state index in [2.05, 4.69) is 55.6 Å². The summed E-state index contributed by atoms with van der Waals surface area (Å²) in [5, 5.41) is 14.2. The van der Waals surface area contributed by atoms with Crippen molar-refractivity contribution < 1.29 is 32.9 Å². The average Bonchev–Trinajstić information content (AvgIpc) is 3.70. The first-order valence-electron chi connectivity index (χ1n) is 38.4. The minimum absolute atomic E-state index is 0.0771. The Kier molecular flexibility index (Phi) is 67.1. The van der Waals surface area contributed by atoms with Crippen LogP contribution in [0.5, 0.6) is 0 Å². The van der Waals surface area contributed by atoms with Gasteiger partial charge >= 0.3 is 7.82 Å². The zero-order valence-electron chi connectivity index (χ0n) is 58.6. The molecule has 0 bridgehead atoms. The van der Waals surface area contributed by atoms with Crippen LogP contribution in [-0.2, 0) is 18.4 Å². The largest absolute Gasteiger partial charge is 0.472 e. The predicted molar refractivity (Wildman–Crippen MR) is 378 cm³/mol. The van der Waals surface area contributed by atoms with Crippen LogP contribution in [0.3, 0.4) is 0 Å². The maximum absolute atomic E-state index is 13.1. The SMILES string of the molecule is CCCCCCC/C=C\C/C=C\C/C=C\CCCCCCCCCCCCCCCCCCCCCCC(=O)NC(COP(=O)(O)OCC[N+](C)(C)C)C(O)CCCCCCCCCCCCCCCCCCCCCCCCCCCCCCC. The first-order valence-corrected chi connectivity index (χ1v) is 39.8. The number of amides is 1. The number of rotatable bonds is 72. The summed E-state index contributed by atoms with van der Waals surface area (Å²) >= 11 is 0. The maximum Gasteiger partial charge on any atom is 0.472 e. The van der Waals surface area contributed by atoms with Crippen LogP contribution in [-0.4, -0.2) is 73.4 Å². The van der Waals surface area contributed by atoms with Crippen LogP contribution in [0.1, 0.15) is 399 Å². The van der Waals surface area contributed by atoms with Crippen molar-refractivity contribution in [3.8, 4) is 0 Å². The Labute approximate surface area is 537 Å². The van der Waals surface area contributed by atoms with Gasteiger partial charge in [-0.05, 0) is 51.4 Å². The van der Waals surface area contributed by atoms with Gasteiger partial charge in [0.15, 0.2) is 0 Å². The highest BCUT2D eigenvalue weighted by Gasteiger charge is 2.28. The number of hydrogen-bond donors (Lipinski definition) is 3. The summed E-state index contributed by atoms with van der Waals surface area (Å²) in [5.41, 5.74) is 0. The van der Waals surface area contributed by atoms with Crippen LogP contribution in [0.25, 0.3) is 0 Å². The van der Waals surface area contributed by atoms with Crippen LogP contribution >= 0.6 is 7.82 Å². The smallest absolute Gasteiger partial charge is 0.391 e. The van der Waals surface area contributed by atoms with Gasteiger partial charge in [0, 0.05) is 6.42 Å². The van der Waals surface area contributed by atoms with Crippen LogP contribution in [0.4, 0.5) is 0 Å². The Morgan fingerprint density at radius 3 is 0.965 bits per heavy atom. The van der Waals surface area contributed by atoms with E-state index in [9.17, 15) is 19.4 Å². The van der Waals surface area contributed by atoms with Gasteiger partial charge in [-0.15, -0.1) is 0 Å². The normalized spacial score (nSPS) is 13.7. The number of hydrogen-bond acceptors (Lipinski definition) is 5. The van der Waals surface area contributed by atoms with E-state index in [1.807, 2.05) is 21.1 Å². The predicted octanol–water partition coefficient (Wildman–Crippen LogP) is 24.8. The Hall–Kier alpha value is -1.28. The molecule has 0 radical (unpaired) electrons. The van der Waals surface area contributed by atoms with E-state index in [-0.39, 0.29) is 19.1 Å². The van der Waals surface area contributed by atoms with E-state index in [0.717, 1.165) is 51.4 Å². The van der Waals surface area contributed by atoms with Gasteiger partial charge in [-0.2, -0.15) is 0 Å². The Bertz CT molecular complexity index is 1500. The molecule has 0 rings (SSSR count). The number of carbonyl (C=O) groups excluding carboxylic acids is 1. The number of carbonyl (C=O) groups is 1. The first-order chi connectivity index (χ1) is 42.0. The minimum Gasteiger partial charge on any atom is -0.391 e. The third-order valence-electron chi connectivity index (χ3n) is 17.9. The second kappa shape index (κ2) is 68.1. The summed E-state index contributed by atoms with van der Waals surface area (Å²) in [5.74, 6) is -0.136. The van der Waals surface area contributed by atoms with Crippen molar-refractivity contribution in [1.82, 2.24) is 5.32 Å². The first kappa shape index (κ1) is 84.7. The molecule has 510 valence electrons. The molecule has 9 heteroatoms. The molecule has 8 nitrogen and oxygen atoms in total. The molecule has 0 fully saturated rings. The monoisotopic (exact) mass is 1230 g/mol. The number of phosphoric acid groups is 1. The molecule has 0 aliphatic rings. The molecule has 86 heavy (non-hydrogen) atoms. The van der Waals surface area contributed by atoms with Gasteiger partial charge in [-0.25, -0.2) is 4.57 Å². The Morgan fingerprint density at radius 1 is 0.395 bits per heavy atom. The molecular weight excluding hydrogens is 1080 g/mol. The van der Waals surface area contributed by atoms with Crippen molar-refractivity contribution in [3.63, 3.8) is 0 Å². The lowest BCUT2D eigenvalue weighted by atomic mass is 10.0. The van der Waals surface area contributed by atoms with Gasteiger partial charge in [-0.1, -0.05) is 378 Å². The Morgan fingerprint density at radius 2 is 0.663 bits per heavy atom. The summed E-state index contributed by atoms with van der Waals surface area (Å²) in [4.78, 5) is 23.5. The molecular formula is C77H152N2O6P+. The molecule has 0 aromatic rings. The lowest BCUT2D eigenvalue weighted by molar-refractivity contribution is -0.870. The lowest BCUT2D eigenvalue weighted by Gasteiger charge is -2.26. The van der Waals surface area contributed by atoms with E-state index in [1.165, 1.54) is 321 Å². The second-order valence-corrected chi connectivity index (χ2v) is 29.2. The highest BCUT2D eigenvalue weighted by atomic mass is 31.2. The van der Waals surface area contributed by atoms with Crippen LogP contribution in [0.15, 0.2) is 36.5 Å². The van der Waals surface area contributed by atoms with Crippen molar-refractivity contribution in [3.05, 3.63) is 36.5 Å². The van der Waals surface area contributed by atoms with Gasteiger partial charge in [-0.3, -0.25) is 13.8 Å². The molecule has 0 heterocycles.